The topological polar surface area (TPSA) is 78.9 Å². The van der Waals surface area contributed by atoms with Crippen LogP contribution in [0.15, 0.2) is 66.8 Å². The Bertz CT molecular complexity index is 1050. The van der Waals surface area contributed by atoms with Gasteiger partial charge in [-0.25, -0.2) is 14.0 Å². The normalized spacial score (nSPS) is 11.3. The first-order valence-electron chi connectivity index (χ1n) is 10.4. The molecule has 0 saturated heterocycles. The number of esters is 3. The van der Waals surface area contributed by atoms with Crippen LogP contribution in [0.25, 0.3) is 11.1 Å². The molecule has 7 heteroatoms. The third kappa shape index (κ3) is 7.42. The summed E-state index contributed by atoms with van der Waals surface area (Å²) in [7, 11) is 0. The van der Waals surface area contributed by atoms with Gasteiger partial charge < -0.3 is 14.2 Å². The van der Waals surface area contributed by atoms with Gasteiger partial charge in [0.2, 0.25) is 0 Å². The maximum absolute atomic E-state index is 14.4. The van der Waals surface area contributed by atoms with Crippen molar-refractivity contribution in [1.29, 1.82) is 0 Å². The highest BCUT2D eigenvalue weighted by Crippen LogP contribution is 2.28. The second-order valence-corrected chi connectivity index (χ2v) is 7.55. The monoisotopic (exact) mass is 454 g/mol. The lowest BCUT2D eigenvalue weighted by molar-refractivity contribution is -0.145. The molecular formula is C26H27FO6. The lowest BCUT2D eigenvalue weighted by Crippen LogP contribution is -2.19. The van der Waals surface area contributed by atoms with Crippen LogP contribution in [-0.4, -0.2) is 31.1 Å². The third-order valence-corrected chi connectivity index (χ3v) is 4.70. The zero-order valence-electron chi connectivity index (χ0n) is 19.0. The van der Waals surface area contributed by atoms with Gasteiger partial charge in [-0.2, -0.15) is 0 Å². The zero-order chi connectivity index (χ0) is 24.5. The van der Waals surface area contributed by atoms with Crippen molar-refractivity contribution >= 4 is 17.9 Å². The van der Waals surface area contributed by atoms with Crippen molar-refractivity contribution in [2.45, 2.75) is 33.1 Å². The first-order valence-corrected chi connectivity index (χ1v) is 10.4. The number of halogens is 1. The van der Waals surface area contributed by atoms with Crippen LogP contribution in [0.3, 0.4) is 0 Å². The first kappa shape index (κ1) is 25.5. The van der Waals surface area contributed by atoms with Crippen molar-refractivity contribution in [1.82, 2.24) is 0 Å². The fourth-order valence-electron chi connectivity index (χ4n) is 2.73. The van der Waals surface area contributed by atoms with Gasteiger partial charge in [-0.15, -0.1) is 0 Å². The van der Waals surface area contributed by atoms with E-state index in [-0.39, 0.29) is 48.4 Å². The van der Waals surface area contributed by atoms with Crippen LogP contribution in [0.4, 0.5) is 4.39 Å². The number of rotatable bonds is 10. The number of ether oxygens (including phenoxy) is 3. The molecule has 0 aliphatic rings. The molecule has 0 bridgehead atoms. The predicted octanol–water partition coefficient (Wildman–Crippen LogP) is 5.13. The van der Waals surface area contributed by atoms with Gasteiger partial charge in [0.25, 0.3) is 0 Å². The van der Waals surface area contributed by atoms with Gasteiger partial charge in [0.15, 0.2) is 11.6 Å². The molecule has 0 N–H and O–H groups in total. The van der Waals surface area contributed by atoms with Crippen LogP contribution in [0.5, 0.6) is 5.75 Å². The molecule has 2 aromatic carbocycles. The molecule has 174 valence electrons. The van der Waals surface area contributed by atoms with Crippen LogP contribution in [0.2, 0.25) is 0 Å². The molecule has 2 aromatic rings. The molecular weight excluding hydrogens is 427 g/mol. The second kappa shape index (κ2) is 11.8. The van der Waals surface area contributed by atoms with Crippen LogP contribution in [-0.2, 0) is 23.9 Å². The van der Waals surface area contributed by atoms with Crippen molar-refractivity contribution in [3.8, 4) is 16.9 Å². The van der Waals surface area contributed by atoms with E-state index in [0.717, 1.165) is 11.1 Å². The minimum atomic E-state index is -0.701. The van der Waals surface area contributed by atoms with Gasteiger partial charge in [0.05, 0.1) is 5.92 Å². The molecule has 0 aliphatic heterocycles. The number of hydrogen-bond acceptors (Lipinski definition) is 6. The SMILES string of the molecule is C=C(C)C(=O)OCC(COC(=O)CC)c1ccc(-c2ccc(OC(=O)C(=C)C)c(F)c2)cc1. The van der Waals surface area contributed by atoms with E-state index in [1.54, 1.807) is 44.2 Å². The Morgan fingerprint density at radius 1 is 0.879 bits per heavy atom. The Kier molecular flexibility index (Phi) is 9.09. The minimum Gasteiger partial charge on any atom is -0.465 e. The highest BCUT2D eigenvalue weighted by molar-refractivity contribution is 5.89. The van der Waals surface area contributed by atoms with Crippen LogP contribution < -0.4 is 4.74 Å². The lowest BCUT2D eigenvalue weighted by Gasteiger charge is -2.18. The average Bonchev–Trinajstić information content (AvgIpc) is 2.79. The van der Waals surface area contributed by atoms with Gasteiger partial charge >= 0.3 is 17.9 Å². The van der Waals surface area contributed by atoms with E-state index in [1.807, 2.05) is 0 Å². The van der Waals surface area contributed by atoms with Crippen LogP contribution in [0.1, 0.15) is 38.7 Å². The van der Waals surface area contributed by atoms with Gasteiger partial charge in [-0.05, 0) is 42.7 Å². The molecule has 0 heterocycles. The average molecular weight is 454 g/mol. The van der Waals surface area contributed by atoms with E-state index in [9.17, 15) is 18.8 Å². The number of hydrogen-bond donors (Lipinski definition) is 0. The Hall–Kier alpha value is -3.74. The molecule has 0 fully saturated rings. The Balaban J connectivity index is 2.19. The summed E-state index contributed by atoms with van der Waals surface area (Å²) in [5.74, 6) is -2.82. The van der Waals surface area contributed by atoms with Crippen molar-refractivity contribution < 1.29 is 33.0 Å². The predicted molar refractivity (Wildman–Crippen MR) is 122 cm³/mol. The van der Waals surface area contributed by atoms with E-state index in [4.69, 9.17) is 14.2 Å². The Labute approximate surface area is 192 Å². The summed E-state index contributed by atoms with van der Waals surface area (Å²) in [6, 6.07) is 11.4. The summed E-state index contributed by atoms with van der Waals surface area (Å²) in [6.45, 7) is 11.8. The third-order valence-electron chi connectivity index (χ3n) is 4.70. The second-order valence-electron chi connectivity index (χ2n) is 7.55. The van der Waals surface area contributed by atoms with Gasteiger partial charge in [0, 0.05) is 17.6 Å². The smallest absolute Gasteiger partial charge is 0.338 e. The van der Waals surface area contributed by atoms with Crippen molar-refractivity contribution in [2.75, 3.05) is 13.2 Å². The number of carbonyl (C=O) groups is 3. The standard InChI is InChI=1S/C26H27FO6/c1-6-24(28)31-14-21(15-32-25(29)16(2)3)19-9-7-18(8-10-19)20-11-12-23(22(27)13-20)33-26(30)17(4)5/h7-13,21H,2,4,6,14-15H2,1,3,5H3. The molecule has 0 saturated carbocycles. The summed E-state index contributed by atoms with van der Waals surface area (Å²) in [5, 5.41) is 0. The van der Waals surface area contributed by atoms with Crippen LogP contribution >= 0.6 is 0 Å². The molecule has 33 heavy (non-hydrogen) atoms. The Morgan fingerprint density at radius 2 is 1.45 bits per heavy atom. The highest BCUT2D eigenvalue weighted by Gasteiger charge is 2.18. The largest absolute Gasteiger partial charge is 0.465 e. The molecule has 0 aromatic heterocycles. The molecule has 2 rings (SSSR count). The quantitative estimate of drug-likeness (QED) is 0.281. The maximum Gasteiger partial charge on any atom is 0.338 e. The van der Waals surface area contributed by atoms with Crippen LogP contribution in [0, 0.1) is 5.82 Å². The van der Waals surface area contributed by atoms with E-state index < -0.39 is 17.8 Å². The first-order chi connectivity index (χ1) is 15.6. The van der Waals surface area contributed by atoms with E-state index in [2.05, 4.69) is 13.2 Å². The van der Waals surface area contributed by atoms with Gasteiger partial charge in [-0.3, -0.25) is 4.79 Å². The molecule has 1 atom stereocenters. The number of carbonyl (C=O) groups excluding carboxylic acids is 3. The van der Waals surface area contributed by atoms with Gasteiger partial charge in [0.1, 0.15) is 13.2 Å². The number of benzene rings is 2. The summed E-state index contributed by atoms with van der Waals surface area (Å²) in [6.07, 6.45) is 0.237. The summed E-state index contributed by atoms with van der Waals surface area (Å²) in [4.78, 5) is 35.0. The summed E-state index contributed by atoms with van der Waals surface area (Å²) in [5.41, 5.74) is 2.52. The van der Waals surface area contributed by atoms with Gasteiger partial charge in [-0.1, -0.05) is 50.4 Å². The van der Waals surface area contributed by atoms with E-state index in [1.165, 1.54) is 19.1 Å². The maximum atomic E-state index is 14.4. The Morgan fingerprint density at radius 3 is 2.00 bits per heavy atom. The molecule has 6 nitrogen and oxygen atoms in total. The fraction of sp³-hybridized carbons (Fsp3) is 0.269. The van der Waals surface area contributed by atoms with Crippen molar-refractivity contribution in [3.05, 3.63) is 78.1 Å². The van der Waals surface area contributed by atoms with E-state index in [0.29, 0.717) is 5.56 Å². The molecule has 0 radical (unpaired) electrons. The molecule has 0 spiro atoms. The minimum absolute atomic E-state index is 0.0133. The fourth-order valence-corrected chi connectivity index (χ4v) is 2.73. The van der Waals surface area contributed by atoms with Crippen molar-refractivity contribution in [3.63, 3.8) is 0 Å². The zero-order valence-corrected chi connectivity index (χ0v) is 19.0. The molecule has 0 aliphatic carbocycles. The lowest BCUT2D eigenvalue weighted by atomic mass is 9.97. The highest BCUT2D eigenvalue weighted by atomic mass is 19.1. The molecule has 1 unspecified atom stereocenters. The summed E-state index contributed by atoms with van der Waals surface area (Å²) >= 11 is 0. The van der Waals surface area contributed by atoms with Crippen molar-refractivity contribution in [2.24, 2.45) is 0 Å². The molecule has 0 amide bonds. The van der Waals surface area contributed by atoms with E-state index >= 15 is 0 Å². The summed E-state index contributed by atoms with van der Waals surface area (Å²) < 4.78 is 29.9.